The largest absolute Gasteiger partial charge is 0.378 e. The van der Waals surface area contributed by atoms with Gasteiger partial charge in [0, 0.05) is 11.7 Å². The van der Waals surface area contributed by atoms with Gasteiger partial charge in [-0.2, -0.15) is 0 Å². The van der Waals surface area contributed by atoms with Gasteiger partial charge >= 0.3 is 0 Å². The molecule has 0 saturated heterocycles. The van der Waals surface area contributed by atoms with E-state index in [-0.39, 0.29) is 0 Å². The molecule has 0 bridgehead atoms. The molecule has 2 aromatic carbocycles. The number of hydrogen-bond acceptors (Lipinski definition) is 1. The minimum Gasteiger partial charge on any atom is -0.378 e. The Hall–Kier alpha value is -1.76. The summed E-state index contributed by atoms with van der Waals surface area (Å²) in [5.41, 5.74) is 6.62. The quantitative estimate of drug-likeness (QED) is 0.805. The smallest absolute Gasteiger partial charge is 0.0485 e. The van der Waals surface area contributed by atoms with E-state index in [0.717, 1.165) is 6.42 Å². The van der Waals surface area contributed by atoms with Crippen molar-refractivity contribution >= 4 is 5.69 Å². The Kier molecular flexibility index (Phi) is 4.26. The molecule has 0 aliphatic rings. The lowest BCUT2D eigenvalue weighted by molar-refractivity contribution is 0.880. The van der Waals surface area contributed by atoms with Crippen LogP contribution in [0.1, 0.15) is 42.1 Å². The predicted molar refractivity (Wildman–Crippen MR) is 83.8 cm³/mol. The first kappa shape index (κ1) is 13.7. The fraction of sp³-hybridized carbons (Fsp3) is 0.333. The zero-order chi connectivity index (χ0) is 13.8. The summed E-state index contributed by atoms with van der Waals surface area (Å²) in [4.78, 5) is 0. The molecule has 0 radical (unpaired) electrons. The summed E-state index contributed by atoms with van der Waals surface area (Å²) in [6.45, 7) is 8.72. The average Bonchev–Trinajstić information content (AvgIpc) is 2.44. The van der Waals surface area contributed by atoms with Crippen molar-refractivity contribution in [3.63, 3.8) is 0 Å². The Bertz CT molecular complexity index is 540. The van der Waals surface area contributed by atoms with Gasteiger partial charge in [0.15, 0.2) is 0 Å². The maximum absolute atomic E-state index is 3.60. The first-order chi connectivity index (χ1) is 9.11. The van der Waals surface area contributed by atoms with Crippen LogP contribution in [0.4, 0.5) is 5.69 Å². The molecule has 1 nitrogen and oxygen atoms in total. The molecule has 0 aliphatic heterocycles. The summed E-state index contributed by atoms with van der Waals surface area (Å²) in [5, 5.41) is 3.60. The van der Waals surface area contributed by atoms with Crippen LogP contribution in [0.5, 0.6) is 0 Å². The number of aryl methyl sites for hydroxylation is 2. The molecule has 1 unspecified atom stereocenters. The van der Waals surface area contributed by atoms with E-state index >= 15 is 0 Å². The fourth-order valence-electron chi connectivity index (χ4n) is 2.27. The molecule has 2 aromatic rings. The van der Waals surface area contributed by atoms with Crippen LogP contribution < -0.4 is 5.32 Å². The van der Waals surface area contributed by atoms with Gasteiger partial charge < -0.3 is 5.32 Å². The van der Waals surface area contributed by atoms with E-state index in [2.05, 4.69) is 75.5 Å². The highest BCUT2D eigenvalue weighted by Crippen LogP contribution is 2.24. The Labute approximate surface area is 116 Å². The second kappa shape index (κ2) is 5.92. The highest BCUT2D eigenvalue weighted by Gasteiger charge is 2.07. The predicted octanol–water partition coefficient (Wildman–Crippen LogP) is 5.04. The van der Waals surface area contributed by atoms with Crippen LogP contribution in [0.25, 0.3) is 0 Å². The monoisotopic (exact) mass is 253 g/mol. The third-order valence-electron chi connectivity index (χ3n) is 3.86. The Morgan fingerprint density at radius 1 is 1.00 bits per heavy atom. The molecule has 1 heteroatoms. The molecular formula is C18H23N. The molecule has 19 heavy (non-hydrogen) atoms. The first-order valence-electron chi connectivity index (χ1n) is 7.03. The number of nitrogens with one attached hydrogen (secondary N) is 1. The molecule has 0 aliphatic carbocycles. The lowest BCUT2D eigenvalue weighted by Crippen LogP contribution is -2.08. The van der Waals surface area contributed by atoms with Gasteiger partial charge in [0.1, 0.15) is 0 Å². The molecule has 0 amide bonds. The Morgan fingerprint density at radius 3 is 2.32 bits per heavy atom. The van der Waals surface area contributed by atoms with E-state index in [1.807, 2.05) is 0 Å². The molecule has 1 atom stereocenters. The summed E-state index contributed by atoms with van der Waals surface area (Å²) >= 11 is 0. The first-order valence-corrected chi connectivity index (χ1v) is 7.03. The number of rotatable bonds is 4. The van der Waals surface area contributed by atoms with Gasteiger partial charge in [0.05, 0.1) is 0 Å². The maximum Gasteiger partial charge on any atom is 0.0485 e. The lowest BCUT2D eigenvalue weighted by atomic mass is 10.0. The third-order valence-corrected chi connectivity index (χ3v) is 3.86. The molecule has 2 rings (SSSR count). The van der Waals surface area contributed by atoms with E-state index in [1.165, 1.54) is 27.9 Å². The van der Waals surface area contributed by atoms with Gasteiger partial charge in [0.2, 0.25) is 0 Å². The zero-order valence-electron chi connectivity index (χ0n) is 12.3. The van der Waals surface area contributed by atoms with Crippen LogP contribution in [0.2, 0.25) is 0 Å². The van der Waals surface area contributed by atoms with Crippen LogP contribution in [0.15, 0.2) is 42.5 Å². The molecule has 1 N–H and O–H groups in total. The lowest BCUT2D eigenvalue weighted by Gasteiger charge is -2.18. The SMILES string of the molecule is CCc1ccc(C(C)Nc2cccc(C)c2C)cc1. The summed E-state index contributed by atoms with van der Waals surface area (Å²) < 4.78 is 0. The van der Waals surface area contributed by atoms with Crippen LogP contribution in [0, 0.1) is 13.8 Å². The van der Waals surface area contributed by atoms with Crippen molar-refractivity contribution in [1.82, 2.24) is 0 Å². The molecule has 0 heterocycles. The van der Waals surface area contributed by atoms with Crippen molar-refractivity contribution in [3.8, 4) is 0 Å². The van der Waals surface area contributed by atoms with Gasteiger partial charge in [-0.05, 0) is 55.5 Å². The van der Waals surface area contributed by atoms with Gasteiger partial charge in [-0.15, -0.1) is 0 Å². The maximum atomic E-state index is 3.60. The highest BCUT2D eigenvalue weighted by atomic mass is 14.9. The van der Waals surface area contributed by atoms with Crippen molar-refractivity contribution in [2.24, 2.45) is 0 Å². The summed E-state index contributed by atoms with van der Waals surface area (Å²) in [6.07, 6.45) is 1.10. The van der Waals surface area contributed by atoms with E-state index in [9.17, 15) is 0 Å². The molecule has 0 spiro atoms. The van der Waals surface area contributed by atoms with Gasteiger partial charge in [0.25, 0.3) is 0 Å². The molecule has 100 valence electrons. The summed E-state index contributed by atoms with van der Waals surface area (Å²) in [5.74, 6) is 0. The Balaban J connectivity index is 2.15. The van der Waals surface area contributed by atoms with Crippen molar-refractivity contribution in [2.45, 2.75) is 40.2 Å². The van der Waals surface area contributed by atoms with Crippen molar-refractivity contribution in [3.05, 3.63) is 64.7 Å². The van der Waals surface area contributed by atoms with E-state index in [1.54, 1.807) is 0 Å². The van der Waals surface area contributed by atoms with E-state index in [0.29, 0.717) is 6.04 Å². The molecule has 0 saturated carbocycles. The second-order valence-electron chi connectivity index (χ2n) is 5.21. The van der Waals surface area contributed by atoms with Crippen LogP contribution in [0.3, 0.4) is 0 Å². The van der Waals surface area contributed by atoms with Crippen LogP contribution in [-0.4, -0.2) is 0 Å². The summed E-state index contributed by atoms with van der Waals surface area (Å²) in [6, 6.07) is 15.6. The van der Waals surface area contributed by atoms with Crippen molar-refractivity contribution in [2.75, 3.05) is 5.32 Å². The van der Waals surface area contributed by atoms with Crippen molar-refractivity contribution in [1.29, 1.82) is 0 Å². The number of hydrogen-bond donors (Lipinski definition) is 1. The zero-order valence-corrected chi connectivity index (χ0v) is 12.3. The van der Waals surface area contributed by atoms with Crippen molar-refractivity contribution < 1.29 is 0 Å². The molecule has 0 fully saturated rings. The second-order valence-corrected chi connectivity index (χ2v) is 5.21. The normalized spacial score (nSPS) is 12.2. The minimum absolute atomic E-state index is 0.325. The van der Waals surface area contributed by atoms with Crippen LogP contribution in [-0.2, 0) is 6.42 Å². The standard InChI is InChI=1S/C18H23N/c1-5-16-9-11-17(12-10-16)15(4)19-18-8-6-7-13(2)14(18)3/h6-12,15,19H,5H2,1-4H3. The minimum atomic E-state index is 0.325. The van der Waals surface area contributed by atoms with E-state index < -0.39 is 0 Å². The van der Waals surface area contributed by atoms with Gasteiger partial charge in [-0.1, -0.05) is 43.3 Å². The fourth-order valence-corrected chi connectivity index (χ4v) is 2.27. The van der Waals surface area contributed by atoms with Crippen LogP contribution >= 0.6 is 0 Å². The number of benzene rings is 2. The summed E-state index contributed by atoms with van der Waals surface area (Å²) in [7, 11) is 0. The topological polar surface area (TPSA) is 12.0 Å². The van der Waals surface area contributed by atoms with Gasteiger partial charge in [-0.25, -0.2) is 0 Å². The average molecular weight is 253 g/mol. The highest BCUT2D eigenvalue weighted by molar-refractivity contribution is 5.54. The number of anilines is 1. The molecule has 0 aromatic heterocycles. The van der Waals surface area contributed by atoms with E-state index in [4.69, 9.17) is 0 Å². The van der Waals surface area contributed by atoms with Gasteiger partial charge in [-0.3, -0.25) is 0 Å². The third kappa shape index (κ3) is 3.17. The Morgan fingerprint density at radius 2 is 1.68 bits per heavy atom. The molecular weight excluding hydrogens is 230 g/mol.